The molecule has 0 bridgehead atoms. The number of alkyl halides is 3. The lowest BCUT2D eigenvalue weighted by Gasteiger charge is -2.23. The van der Waals surface area contributed by atoms with Gasteiger partial charge in [0, 0.05) is 5.54 Å². The van der Waals surface area contributed by atoms with Gasteiger partial charge in [-0.15, -0.1) is 0 Å². The summed E-state index contributed by atoms with van der Waals surface area (Å²) in [5.74, 6) is -0.793. The van der Waals surface area contributed by atoms with E-state index in [0.717, 1.165) is 0 Å². The Bertz CT molecular complexity index is 297. The van der Waals surface area contributed by atoms with E-state index in [-0.39, 0.29) is 12.2 Å². The van der Waals surface area contributed by atoms with Gasteiger partial charge in [0.1, 0.15) is 0 Å². The van der Waals surface area contributed by atoms with E-state index in [1.54, 1.807) is 0 Å². The first-order chi connectivity index (χ1) is 5.62. The van der Waals surface area contributed by atoms with Gasteiger partial charge in [0.15, 0.2) is 9.84 Å². The van der Waals surface area contributed by atoms with Crippen LogP contribution < -0.4 is 5.73 Å². The fourth-order valence-electron chi connectivity index (χ4n) is 1.48. The molecule has 0 spiro atoms. The monoisotopic (exact) mass is 217 g/mol. The Kier molecular flexibility index (Phi) is 2.36. The molecule has 0 aromatic carbocycles. The average molecular weight is 217 g/mol. The van der Waals surface area contributed by atoms with Crippen LogP contribution in [0.2, 0.25) is 0 Å². The van der Waals surface area contributed by atoms with Gasteiger partial charge >= 0.3 is 6.18 Å². The van der Waals surface area contributed by atoms with Crippen molar-refractivity contribution in [2.45, 2.75) is 24.6 Å². The lowest BCUT2D eigenvalue weighted by Crippen LogP contribution is -2.44. The highest BCUT2D eigenvalue weighted by Crippen LogP contribution is 2.32. The predicted octanol–water partition coefficient (Wildman–Crippen LogP) is 0.455. The number of hydrogen-bond donors (Lipinski definition) is 1. The first kappa shape index (κ1) is 10.8. The molecule has 1 atom stereocenters. The minimum absolute atomic E-state index is 0.102. The first-order valence-corrected chi connectivity index (χ1v) is 5.50. The zero-order valence-electron chi connectivity index (χ0n) is 6.76. The van der Waals surface area contributed by atoms with Crippen molar-refractivity contribution >= 4 is 9.84 Å². The molecule has 1 fully saturated rings. The maximum absolute atomic E-state index is 11.9. The average Bonchev–Trinajstić information content (AvgIpc) is 2.00. The van der Waals surface area contributed by atoms with Gasteiger partial charge in [-0.1, -0.05) is 0 Å². The smallest absolute Gasteiger partial charge is 0.324 e. The quantitative estimate of drug-likeness (QED) is 0.694. The van der Waals surface area contributed by atoms with Crippen molar-refractivity contribution in [3.63, 3.8) is 0 Å². The van der Waals surface area contributed by atoms with E-state index < -0.39 is 33.7 Å². The molecule has 13 heavy (non-hydrogen) atoms. The SMILES string of the molecule is NC1(CC(F)(F)F)CCS(=O)(=O)C1. The van der Waals surface area contributed by atoms with E-state index in [2.05, 4.69) is 0 Å². The van der Waals surface area contributed by atoms with E-state index in [4.69, 9.17) is 5.73 Å². The van der Waals surface area contributed by atoms with Gasteiger partial charge in [-0.25, -0.2) is 8.42 Å². The number of halogens is 3. The molecule has 3 nitrogen and oxygen atoms in total. The van der Waals surface area contributed by atoms with Gasteiger partial charge in [-0.05, 0) is 6.42 Å². The summed E-state index contributed by atoms with van der Waals surface area (Å²) in [6.45, 7) is 0. The molecular weight excluding hydrogens is 207 g/mol. The maximum atomic E-state index is 11.9. The summed E-state index contributed by atoms with van der Waals surface area (Å²) in [6, 6.07) is 0. The van der Waals surface area contributed by atoms with Crippen LogP contribution in [-0.4, -0.2) is 31.6 Å². The molecule has 1 saturated heterocycles. The van der Waals surface area contributed by atoms with Crippen molar-refractivity contribution in [2.75, 3.05) is 11.5 Å². The third-order valence-corrected chi connectivity index (χ3v) is 3.81. The van der Waals surface area contributed by atoms with Gasteiger partial charge < -0.3 is 5.73 Å². The first-order valence-electron chi connectivity index (χ1n) is 3.68. The van der Waals surface area contributed by atoms with Crippen LogP contribution >= 0.6 is 0 Å². The molecule has 1 aliphatic rings. The second-order valence-electron chi connectivity index (χ2n) is 3.50. The number of sulfone groups is 1. The molecule has 1 heterocycles. The van der Waals surface area contributed by atoms with Crippen molar-refractivity contribution in [3.8, 4) is 0 Å². The van der Waals surface area contributed by atoms with Gasteiger partial charge in [-0.2, -0.15) is 13.2 Å². The van der Waals surface area contributed by atoms with Crippen LogP contribution in [0.1, 0.15) is 12.8 Å². The van der Waals surface area contributed by atoms with Crippen LogP contribution in [-0.2, 0) is 9.84 Å². The molecule has 0 saturated carbocycles. The second kappa shape index (κ2) is 2.84. The molecule has 1 rings (SSSR count). The maximum Gasteiger partial charge on any atom is 0.390 e. The van der Waals surface area contributed by atoms with Gasteiger partial charge in [0.25, 0.3) is 0 Å². The van der Waals surface area contributed by atoms with Crippen molar-refractivity contribution in [1.29, 1.82) is 0 Å². The lowest BCUT2D eigenvalue weighted by molar-refractivity contribution is -0.145. The highest BCUT2D eigenvalue weighted by molar-refractivity contribution is 7.91. The normalized spacial score (nSPS) is 33.5. The van der Waals surface area contributed by atoms with Crippen LogP contribution in [0, 0.1) is 0 Å². The molecule has 0 amide bonds. The summed E-state index contributed by atoms with van der Waals surface area (Å²) in [5, 5.41) is 0. The third-order valence-electron chi connectivity index (χ3n) is 1.97. The molecule has 1 aliphatic heterocycles. The van der Waals surface area contributed by atoms with E-state index in [1.165, 1.54) is 0 Å². The largest absolute Gasteiger partial charge is 0.390 e. The minimum Gasteiger partial charge on any atom is -0.324 e. The Morgan fingerprint density at radius 2 is 1.92 bits per heavy atom. The zero-order valence-corrected chi connectivity index (χ0v) is 7.58. The third kappa shape index (κ3) is 3.15. The van der Waals surface area contributed by atoms with Crippen molar-refractivity contribution in [1.82, 2.24) is 0 Å². The van der Waals surface area contributed by atoms with E-state index >= 15 is 0 Å². The molecule has 2 N–H and O–H groups in total. The molecule has 7 heteroatoms. The number of rotatable bonds is 1. The molecule has 0 aliphatic carbocycles. The van der Waals surface area contributed by atoms with Crippen LogP contribution in [0.5, 0.6) is 0 Å². The van der Waals surface area contributed by atoms with Crippen LogP contribution in [0.25, 0.3) is 0 Å². The fraction of sp³-hybridized carbons (Fsp3) is 1.00. The summed E-state index contributed by atoms with van der Waals surface area (Å²) in [6.07, 6.45) is -5.72. The topological polar surface area (TPSA) is 60.2 Å². The number of hydrogen-bond acceptors (Lipinski definition) is 3. The Hall–Kier alpha value is -0.300. The molecule has 0 aromatic heterocycles. The van der Waals surface area contributed by atoms with E-state index in [9.17, 15) is 21.6 Å². The Morgan fingerprint density at radius 3 is 2.23 bits per heavy atom. The van der Waals surface area contributed by atoms with Gasteiger partial charge in [0.05, 0.1) is 17.9 Å². The number of nitrogens with two attached hydrogens (primary N) is 1. The van der Waals surface area contributed by atoms with E-state index in [0.29, 0.717) is 0 Å². The Balaban J connectivity index is 2.71. The minimum atomic E-state index is -4.39. The summed E-state index contributed by atoms with van der Waals surface area (Å²) in [5.41, 5.74) is 3.72. The van der Waals surface area contributed by atoms with Crippen LogP contribution in [0.3, 0.4) is 0 Å². The van der Waals surface area contributed by atoms with E-state index in [1.807, 2.05) is 0 Å². The Labute approximate surface area is 74.0 Å². The predicted molar refractivity (Wildman–Crippen MR) is 40.9 cm³/mol. The Morgan fingerprint density at radius 1 is 1.38 bits per heavy atom. The molecule has 0 radical (unpaired) electrons. The van der Waals surface area contributed by atoms with Crippen LogP contribution in [0.15, 0.2) is 0 Å². The van der Waals surface area contributed by atoms with Crippen molar-refractivity contribution in [2.24, 2.45) is 5.73 Å². The van der Waals surface area contributed by atoms with Crippen LogP contribution in [0.4, 0.5) is 13.2 Å². The summed E-state index contributed by atoms with van der Waals surface area (Å²) < 4.78 is 57.6. The second-order valence-corrected chi connectivity index (χ2v) is 5.68. The molecule has 0 aromatic rings. The molecule has 78 valence electrons. The standard InChI is InChI=1S/C6H10F3NO2S/c7-6(8,9)3-5(10)1-2-13(11,12)4-5/h1-4,10H2. The highest BCUT2D eigenvalue weighted by atomic mass is 32.2. The summed E-state index contributed by atoms with van der Waals surface area (Å²) in [7, 11) is -3.35. The van der Waals surface area contributed by atoms with Gasteiger partial charge in [0.2, 0.25) is 0 Å². The zero-order chi connectivity index (χ0) is 10.3. The fourth-order valence-corrected chi connectivity index (χ4v) is 3.46. The molecule has 1 unspecified atom stereocenters. The summed E-state index contributed by atoms with van der Waals surface area (Å²) >= 11 is 0. The molecular formula is C6H10F3NO2S. The van der Waals surface area contributed by atoms with Crippen molar-refractivity contribution in [3.05, 3.63) is 0 Å². The van der Waals surface area contributed by atoms with Crippen molar-refractivity contribution < 1.29 is 21.6 Å². The lowest BCUT2D eigenvalue weighted by atomic mass is 9.96. The highest BCUT2D eigenvalue weighted by Gasteiger charge is 2.46. The van der Waals surface area contributed by atoms with Gasteiger partial charge in [-0.3, -0.25) is 0 Å². The summed E-state index contributed by atoms with van der Waals surface area (Å²) in [4.78, 5) is 0.